The molecule has 0 heterocycles. The molecule has 0 radical (unpaired) electrons. The minimum absolute atomic E-state index is 0.0186. The van der Waals surface area contributed by atoms with Gasteiger partial charge in [0.15, 0.2) is 11.5 Å². The van der Waals surface area contributed by atoms with Gasteiger partial charge in [-0.05, 0) is 43.4 Å². The second kappa shape index (κ2) is 13.0. The van der Waals surface area contributed by atoms with E-state index in [1.807, 2.05) is 0 Å². The van der Waals surface area contributed by atoms with Gasteiger partial charge in [-0.2, -0.15) is 16.8 Å². The van der Waals surface area contributed by atoms with E-state index in [9.17, 15) is 21.6 Å². The molecule has 0 fully saturated rings. The van der Waals surface area contributed by atoms with Crippen molar-refractivity contribution in [1.82, 2.24) is 0 Å². The van der Waals surface area contributed by atoms with Crippen LogP contribution in [-0.2, 0) is 20.2 Å². The van der Waals surface area contributed by atoms with Crippen molar-refractivity contribution in [3.8, 4) is 17.2 Å². The largest absolute Gasteiger partial charge is 0.489 e. The van der Waals surface area contributed by atoms with E-state index in [1.165, 1.54) is 12.1 Å². The summed E-state index contributed by atoms with van der Waals surface area (Å²) in [6, 6.07) is 2.73. The Morgan fingerprint density at radius 3 is 1.70 bits per heavy atom. The van der Waals surface area contributed by atoms with Crippen LogP contribution in [0.25, 0.3) is 0 Å². The van der Waals surface area contributed by atoms with Gasteiger partial charge >= 0.3 is 0 Å². The number of hydrogen-bond donors (Lipinski definition) is 3. The zero-order valence-electron chi connectivity index (χ0n) is 15.9. The Bertz CT molecular complexity index is 821. The fraction of sp³-hybridized carbons (Fsp3) is 0.562. The summed E-state index contributed by atoms with van der Waals surface area (Å²) in [7, 11) is -8.29. The fourth-order valence-electron chi connectivity index (χ4n) is 2.17. The molecule has 0 unspecified atom stereocenters. The Balaban J connectivity index is 2.97. The van der Waals surface area contributed by atoms with Gasteiger partial charge in [-0.3, -0.25) is 13.9 Å². The van der Waals surface area contributed by atoms with Gasteiger partial charge in [-0.15, -0.1) is 0 Å². The first-order valence-corrected chi connectivity index (χ1v) is 12.9. The molecule has 11 nitrogen and oxygen atoms in total. The summed E-state index contributed by atoms with van der Waals surface area (Å²) in [5.74, 6) is -0.316. The number of benzene rings is 1. The lowest BCUT2D eigenvalue weighted by Gasteiger charge is -2.17. The smallest absolute Gasteiger partial charge is 0.264 e. The molecule has 1 aromatic rings. The molecule has 14 heteroatoms. The van der Waals surface area contributed by atoms with Crippen LogP contribution >= 0.6 is 12.0 Å². The van der Waals surface area contributed by atoms with E-state index in [0.717, 1.165) is 0 Å². The number of aldehydes is 1. The first-order valence-electron chi connectivity index (χ1n) is 8.74. The van der Waals surface area contributed by atoms with Gasteiger partial charge in [0.1, 0.15) is 6.29 Å². The van der Waals surface area contributed by atoms with Gasteiger partial charge < -0.3 is 18.8 Å². The molecule has 30 heavy (non-hydrogen) atoms. The molecule has 1 aromatic carbocycles. The SMILES string of the molecule is O=Cc1cc(OCCCS(=O)(=O)O)c(OCCCSO)c(OCCCS(=O)(=O)O)c1. The Morgan fingerprint density at radius 2 is 1.30 bits per heavy atom. The predicted molar refractivity (Wildman–Crippen MR) is 110 cm³/mol. The molecule has 0 aliphatic carbocycles. The molecule has 0 saturated carbocycles. The van der Waals surface area contributed by atoms with Crippen LogP contribution in [-0.4, -0.2) is 73.9 Å². The van der Waals surface area contributed by atoms with Gasteiger partial charge in [-0.25, -0.2) is 0 Å². The molecule has 3 N–H and O–H groups in total. The molecule has 0 bridgehead atoms. The molecule has 0 spiro atoms. The topological polar surface area (TPSA) is 174 Å². The van der Waals surface area contributed by atoms with Crippen molar-refractivity contribution >= 4 is 38.6 Å². The highest BCUT2D eigenvalue weighted by atomic mass is 32.2. The molecule has 0 aromatic heterocycles. The van der Waals surface area contributed by atoms with Crippen LogP contribution in [0.1, 0.15) is 29.6 Å². The minimum Gasteiger partial charge on any atom is -0.489 e. The third kappa shape index (κ3) is 11.6. The maximum Gasteiger partial charge on any atom is 0.264 e. The third-order valence-electron chi connectivity index (χ3n) is 3.41. The van der Waals surface area contributed by atoms with Crippen molar-refractivity contribution in [1.29, 1.82) is 0 Å². The van der Waals surface area contributed by atoms with E-state index in [2.05, 4.69) is 0 Å². The highest BCUT2D eigenvalue weighted by Gasteiger charge is 2.17. The number of carbonyl (C=O) groups excluding carboxylic acids is 1. The summed E-state index contributed by atoms with van der Waals surface area (Å²) < 4.78 is 86.2. The summed E-state index contributed by atoms with van der Waals surface area (Å²) in [5.41, 5.74) is 0.169. The average Bonchev–Trinajstić information content (AvgIpc) is 2.65. The molecule has 0 amide bonds. The van der Waals surface area contributed by atoms with Crippen molar-refractivity contribution in [3.63, 3.8) is 0 Å². The van der Waals surface area contributed by atoms with Crippen LogP contribution in [0.3, 0.4) is 0 Å². The number of carbonyl (C=O) groups is 1. The Labute approximate surface area is 179 Å². The lowest BCUT2D eigenvalue weighted by Crippen LogP contribution is -2.11. The summed E-state index contributed by atoms with van der Waals surface area (Å²) in [5, 5.41) is 0. The Kier molecular flexibility index (Phi) is 11.4. The Hall–Kier alpha value is -1.58. The predicted octanol–water partition coefficient (Wildman–Crippen LogP) is 1.79. The number of rotatable bonds is 16. The molecule has 172 valence electrons. The summed E-state index contributed by atoms with van der Waals surface area (Å²) >= 11 is 0.640. The van der Waals surface area contributed by atoms with E-state index >= 15 is 0 Å². The van der Waals surface area contributed by atoms with Crippen LogP contribution in [0.2, 0.25) is 0 Å². The van der Waals surface area contributed by atoms with Crippen LogP contribution < -0.4 is 14.2 Å². The van der Waals surface area contributed by atoms with Crippen molar-refractivity contribution in [2.45, 2.75) is 19.3 Å². The summed E-state index contributed by atoms with van der Waals surface area (Å²) in [6.07, 6.45) is 0.966. The monoisotopic (exact) mass is 488 g/mol. The summed E-state index contributed by atoms with van der Waals surface area (Å²) in [4.78, 5) is 11.2. The van der Waals surface area contributed by atoms with Gasteiger partial charge in [0.2, 0.25) is 5.75 Å². The maximum atomic E-state index is 11.2. The van der Waals surface area contributed by atoms with E-state index in [0.29, 0.717) is 30.5 Å². The molecule has 1 rings (SSSR count). The molecule has 0 saturated heterocycles. The zero-order valence-corrected chi connectivity index (χ0v) is 18.4. The van der Waals surface area contributed by atoms with Crippen molar-refractivity contribution in [2.24, 2.45) is 0 Å². The fourth-order valence-corrected chi connectivity index (χ4v) is 3.38. The maximum absolute atomic E-state index is 11.2. The molecular formula is C16H24O11S3. The lowest BCUT2D eigenvalue weighted by atomic mass is 10.2. The first-order chi connectivity index (χ1) is 14.1. The van der Waals surface area contributed by atoms with Crippen LogP contribution in [0.4, 0.5) is 0 Å². The van der Waals surface area contributed by atoms with Crippen LogP contribution in [0.15, 0.2) is 12.1 Å². The van der Waals surface area contributed by atoms with Crippen molar-refractivity contribution in [2.75, 3.05) is 37.1 Å². The van der Waals surface area contributed by atoms with E-state index in [4.69, 9.17) is 27.9 Å². The number of ether oxygens (including phenoxy) is 3. The minimum atomic E-state index is -4.14. The van der Waals surface area contributed by atoms with Crippen LogP contribution in [0.5, 0.6) is 17.2 Å². The molecule has 0 aliphatic heterocycles. The van der Waals surface area contributed by atoms with Gasteiger partial charge in [0, 0.05) is 11.3 Å². The Morgan fingerprint density at radius 1 is 0.833 bits per heavy atom. The second-order valence-corrected chi connectivity index (χ2v) is 9.79. The van der Waals surface area contributed by atoms with E-state index in [-0.39, 0.29) is 55.5 Å². The standard InChI is InChI=1S/C16H24O11S3/c17-12-13-10-14(25-5-2-8-29(19,20)21)16(27-4-1-7-28-18)15(11-13)26-6-3-9-30(22,23)24/h10-12,18H,1-9H2,(H,19,20,21)(H,22,23,24). The molecule has 0 aliphatic rings. The number of hydrogen-bond acceptors (Lipinski definition) is 10. The zero-order chi connectivity index (χ0) is 22.6. The summed E-state index contributed by atoms with van der Waals surface area (Å²) in [6.45, 7) is -0.0446. The van der Waals surface area contributed by atoms with Crippen molar-refractivity contribution in [3.05, 3.63) is 17.7 Å². The quantitative estimate of drug-likeness (QED) is 0.133. The van der Waals surface area contributed by atoms with E-state index < -0.39 is 31.7 Å². The van der Waals surface area contributed by atoms with E-state index in [1.54, 1.807) is 0 Å². The normalized spacial score (nSPS) is 11.8. The van der Waals surface area contributed by atoms with Crippen LogP contribution in [0, 0.1) is 0 Å². The van der Waals surface area contributed by atoms with Gasteiger partial charge in [-0.1, -0.05) is 0 Å². The molecular weight excluding hydrogens is 464 g/mol. The first kappa shape index (κ1) is 26.5. The molecule has 0 atom stereocenters. The van der Waals surface area contributed by atoms with Gasteiger partial charge in [0.25, 0.3) is 20.2 Å². The second-order valence-electron chi connectivity index (χ2n) is 5.98. The lowest BCUT2D eigenvalue weighted by molar-refractivity contribution is 0.112. The van der Waals surface area contributed by atoms with Crippen molar-refractivity contribution < 1.29 is 49.5 Å². The third-order valence-corrected chi connectivity index (χ3v) is 5.49. The van der Waals surface area contributed by atoms with Gasteiger partial charge in [0.05, 0.1) is 31.3 Å². The average molecular weight is 489 g/mol. The highest BCUT2D eigenvalue weighted by Crippen LogP contribution is 2.39. The highest BCUT2D eigenvalue weighted by molar-refractivity contribution is 7.93.